The fourth-order valence-corrected chi connectivity index (χ4v) is 3.69. The van der Waals surface area contributed by atoms with Crippen molar-refractivity contribution < 1.29 is 4.42 Å². The number of benzene rings is 3. The van der Waals surface area contributed by atoms with Crippen molar-refractivity contribution in [2.45, 2.75) is 0 Å². The highest BCUT2D eigenvalue weighted by molar-refractivity contribution is 9.13. The Balaban J connectivity index is 2.08. The van der Waals surface area contributed by atoms with E-state index in [0.717, 1.165) is 36.6 Å². The van der Waals surface area contributed by atoms with Crippen LogP contribution in [0.15, 0.2) is 72.8 Å². The largest absolute Gasteiger partial charge is 0.455 e. The lowest BCUT2D eigenvalue weighted by atomic mass is 10.0. The molecule has 118 valence electrons. The molecule has 0 fully saturated rings. The van der Waals surface area contributed by atoms with E-state index in [1.165, 1.54) is 6.07 Å². The molecule has 0 atom stereocenters. The molecule has 5 heteroatoms. The van der Waals surface area contributed by atoms with E-state index in [9.17, 15) is 4.79 Å². The molecule has 4 rings (SSSR count). The number of para-hydroxylation sites is 1. The first kappa shape index (κ1) is 15.4. The summed E-state index contributed by atoms with van der Waals surface area (Å²) in [5, 5.41) is 0.971. The third-order valence-corrected chi connectivity index (χ3v) is 6.17. The normalized spacial score (nSPS) is 11.2. The molecule has 2 N–H and O–H groups in total. The van der Waals surface area contributed by atoms with Crippen LogP contribution in [0.1, 0.15) is 0 Å². The minimum absolute atomic E-state index is 0.0699. The average Bonchev–Trinajstić information content (AvgIpc) is 2.58. The first-order valence-corrected chi connectivity index (χ1v) is 8.84. The zero-order valence-electron chi connectivity index (χ0n) is 12.3. The van der Waals surface area contributed by atoms with Crippen molar-refractivity contribution in [3.63, 3.8) is 0 Å². The summed E-state index contributed by atoms with van der Waals surface area (Å²) in [6.07, 6.45) is 0. The van der Waals surface area contributed by atoms with Crippen molar-refractivity contribution in [2.24, 2.45) is 0 Å². The Morgan fingerprint density at radius 1 is 0.875 bits per heavy atom. The SMILES string of the molecule is Nc1ccc(-c2cccc3cc4ccc(=O)cc-4oc23)c(Br)c1Br. The van der Waals surface area contributed by atoms with E-state index in [2.05, 4.69) is 31.9 Å². The van der Waals surface area contributed by atoms with Crippen LogP contribution in [0.3, 0.4) is 0 Å². The van der Waals surface area contributed by atoms with Gasteiger partial charge in [0.05, 0.1) is 4.47 Å². The van der Waals surface area contributed by atoms with E-state index in [1.54, 1.807) is 12.1 Å². The van der Waals surface area contributed by atoms with Gasteiger partial charge in [-0.15, -0.1) is 0 Å². The van der Waals surface area contributed by atoms with E-state index < -0.39 is 0 Å². The molecule has 0 saturated carbocycles. The molecule has 0 radical (unpaired) electrons. The van der Waals surface area contributed by atoms with E-state index in [0.29, 0.717) is 11.4 Å². The van der Waals surface area contributed by atoms with Crippen molar-refractivity contribution in [3.8, 4) is 22.5 Å². The minimum Gasteiger partial charge on any atom is -0.455 e. The van der Waals surface area contributed by atoms with Crippen LogP contribution in [0.5, 0.6) is 0 Å². The Bertz CT molecular complexity index is 1120. The molecule has 1 aliphatic carbocycles. The van der Waals surface area contributed by atoms with Gasteiger partial charge in [0.15, 0.2) is 5.43 Å². The van der Waals surface area contributed by atoms with Crippen LogP contribution in [0, 0.1) is 0 Å². The number of anilines is 1. The Morgan fingerprint density at radius 3 is 2.54 bits per heavy atom. The molecule has 0 aromatic heterocycles. The fraction of sp³-hybridized carbons (Fsp3) is 0. The lowest BCUT2D eigenvalue weighted by Gasteiger charge is -2.13. The second-order valence-corrected chi connectivity index (χ2v) is 7.09. The van der Waals surface area contributed by atoms with Gasteiger partial charge in [-0.2, -0.15) is 0 Å². The standard InChI is InChI=1S/C19H11Br2NO2/c20-17-13(6-7-15(22)18(17)21)14-3-1-2-11-8-10-4-5-12(23)9-16(10)24-19(11)14/h1-9H,22H2. The molecule has 2 aromatic rings. The van der Waals surface area contributed by atoms with E-state index >= 15 is 0 Å². The lowest BCUT2D eigenvalue weighted by Crippen LogP contribution is -1.97. The van der Waals surface area contributed by atoms with Gasteiger partial charge in [0.2, 0.25) is 0 Å². The van der Waals surface area contributed by atoms with E-state index in [1.807, 2.05) is 36.4 Å². The minimum atomic E-state index is -0.0699. The number of fused-ring (bicyclic) bond motifs is 2. The van der Waals surface area contributed by atoms with Gasteiger partial charge in [0, 0.05) is 38.3 Å². The maximum Gasteiger partial charge on any atom is 0.182 e. The summed E-state index contributed by atoms with van der Waals surface area (Å²) in [5.74, 6) is 0.577. The number of hydrogen-bond donors (Lipinski definition) is 1. The molecule has 0 unspecified atom stereocenters. The lowest BCUT2D eigenvalue weighted by molar-refractivity contribution is 0.620. The number of hydrogen-bond acceptors (Lipinski definition) is 3. The molecule has 3 nitrogen and oxygen atoms in total. The predicted molar refractivity (Wildman–Crippen MR) is 104 cm³/mol. The van der Waals surface area contributed by atoms with Crippen molar-refractivity contribution in [1.82, 2.24) is 0 Å². The Labute approximate surface area is 154 Å². The zero-order chi connectivity index (χ0) is 16.8. The van der Waals surface area contributed by atoms with Crippen molar-refractivity contribution >= 4 is 48.5 Å². The zero-order valence-corrected chi connectivity index (χ0v) is 15.5. The van der Waals surface area contributed by atoms with Crippen molar-refractivity contribution in [1.29, 1.82) is 0 Å². The molecular formula is C19H11Br2NO2. The third kappa shape index (κ3) is 2.44. The van der Waals surface area contributed by atoms with Gasteiger partial charge >= 0.3 is 0 Å². The summed E-state index contributed by atoms with van der Waals surface area (Å²) in [6.45, 7) is 0. The van der Waals surface area contributed by atoms with Gasteiger partial charge in [-0.1, -0.05) is 24.3 Å². The summed E-state index contributed by atoms with van der Waals surface area (Å²) < 4.78 is 7.74. The van der Waals surface area contributed by atoms with Crippen LogP contribution in [0.25, 0.3) is 33.4 Å². The molecule has 0 bridgehead atoms. The van der Waals surface area contributed by atoms with Gasteiger partial charge in [-0.25, -0.2) is 0 Å². The molecule has 0 saturated heterocycles. The smallest absolute Gasteiger partial charge is 0.182 e. The third-order valence-electron chi connectivity index (χ3n) is 3.96. The average molecular weight is 445 g/mol. The van der Waals surface area contributed by atoms with Gasteiger partial charge in [-0.3, -0.25) is 4.79 Å². The quantitative estimate of drug-likeness (QED) is 0.304. The van der Waals surface area contributed by atoms with Crippen LogP contribution in [-0.4, -0.2) is 0 Å². The molecule has 2 aliphatic rings. The Kier molecular flexibility index (Phi) is 3.70. The maximum atomic E-state index is 11.6. The summed E-state index contributed by atoms with van der Waals surface area (Å²) >= 11 is 7.09. The van der Waals surface area contributed by atoms with Gasteiger partial charge in [-0.05, 0) is 56.1 Å². The van der Waals surface area contributed by atoms with Crippen LogP contribution in [0.2, 0.25) is 0 Å². The fourth-order valence-electron chi connectivity index (χ4n) is 2.77. The Hall–Kier alpha value is -2.11. The second kappa shape index (κ2) is 5.76. The van der Waals surface area contributed by atoms with Crippen LogP contribution < -0.4 is 11.2 Å². The van der Waals surface area contributed by atoms with Gasteiger partial charge < -0.3 is 10.2 Å². The molecule has 0 spiro atoms. The van der Waals surface area contributed by atoms with Crippen molar-refractivity contribution in [3.05, 3.63) is 73.8 Å². The monoisotopic (exact) mass is 443 g/mol. The highest BCUT2D eigenvalue weighted by Gasteiger charge is 2.15. The van der Waals surface area contributed by atoms with E-state index in [-0.39, 0.29) is 5.43 Å². The highest BCUT2D eigenvalue weighted by Crippen LogP contribution is 2.41. The maximum absolute atomic E-state index is 11.6. The molecule has 0 amide bonds. The van der Waals surface area contributed by atoms with Gasteiger partial charge in [0.1, 0.15) is 11.3 Å². The predicted octanol–water partition coefficient (Wildman–Crippen LogP) is 5.67. The molecular weight excluding hydrogens is 434 g/mol. The molecule has 1 aliphatic heterocycles. The number of halogens is 2. The second-order valence-electron chi connectivity index (χ2n) is 5.50. The highest BCUT2D eigenvalue weighted by atomic mass is 79.9. The first-order chi connectivity index (χ1) is 11.5. The number of nitrogens with two attached hydrogens (primary N) is 1. The van der Waals surface area contributed by atoms with Crippen molar-refractivity contribution in [2.75, 3.05) is 5.73 Å². The van der Waals surface area contributed by atoms with E-state index in [4.69, 9.17) is 10.2 Å². The van der Waals surface area contributed by atoms with Crippen LogP contribution >= 0.6 is 31.9 Å². The summed E-state index contributed by atoms with van der Waals surface area (Å²) in [5.41, 5.74) is 10.0. The summed E-state index contributed by atoms with van der Waals surface area (Å²) in [7, 11) is 0. The molecule has 1 heterocycles. The summed E-state index contributed by atoms with van der Waals surface area (Å²) in [4.78, 5) is 11.6. The van der Waals surface area contributed by atoms with Crippen LogP contribution in [-0.2, 0) is 0 Å². The van der Waals surface area contributed by atoms with Crippen LogP contribution in [0.4, 0.5) is 5.69 Å². The number of nitrogen functional groups attached to an aromatic ring is 1. The molecule has 24 heavy (non-hydrogen) atoms. The Morgan fingerprint density at radius 2 is 1.71 bits per heavy atom. The number of rotatable bonds is 1. The summed E-state index contributed by atoms with van der Waals surface area (Å²) in [6, 6.07) is 16.6. The van der Waals surface area contributed by atoms with Gasteiger partial charge in [0.25, 0.3) is 0 Å². The topological polar surface area (TPSA) is 56.2 Å². The molecule has 2 aromatic carbocycles. The first-order valence-electron chi connectivity index (χ1n) is 7.25.